The van der Waals surface area contributed by atoms with Gasteiger partial charge in [-0.05, 0) is 37.1 Å². The maximum atomic E-state index is 12.5. The molecule has 0 aliphatic heterocycles. The van der Waals surface area contributed by atoms with E-state index in [2.05, 4.69) is 6.07 Å². The van der Waals surface area contributed by atoms with Crippen LogP contribution in [0, 0.1) is 5.92 Å². The van der Waals surface area contributed by atoms with Crippen LogP contribution >= 0.6 is 11.3 Å². The zero-order chi connectivity index (χ0) is 15.4. The average molecular weight is 310 g/mol. The van der Waals surface area contributed by atoms with E-state index in [-0.39, 0.29) is 18.6 Å². The highest BCUT2D eigenvalue weighted by atomic mass is 32.1. The first-order valence-electron chi connectivity index (χ1n) is 7.23. The Morgan fingerprint density at radius 3 is 2.71 bits per heavy atom. The molecule has 116 valence electrons. The Kier molecular flexibility index (Phi) is 5.22. The van der Waals surface area contributed by atoms with Crippen molar-refractivity contribution >= 4 is 23.3 Å². The number of amides is 2. The molecular formula is C15H22N2O3S. The molecule has 1 aromatic rings. The first-order valence-corrected chi connectivity index (χ1v) is 8.11. The van der Waals surface area contributed by atoms with Gasteiger partial charge in [-0.15, -0.1) is 11.3 Å². The van der Waals surface area contributed by atoms with Crippen molar-refractivity contribution < 1.29 is 14.7 Å². The average Bonchev–Trinajstić information content (AvgIpc) is 3.10. The number of likely N-dealkylation sites (N-methyl/N-ethyl adjacent to an activating group) is 1. The first kappa shape index (κ1) is 15.8. The number of hydrogen-bond acceptors (Lipinski definition) is 3. The molecule has 1 fully saturated rings. The summed E-state index contributed by atoms with van der Waals surface area (Å²) in [7, 11) is 1.75. The highest BCUT2D eigenvalue weighted by Crippen LogP contribution is 2.30. The topological polar surface area (TPSA) is 60.9 Å². The van der Waals surface area contributed by atoms with Crippen molar-refractivity contribution in [3.8, 4) is 0 Å². The Morgan fingerprint density at radius 1 is 1.48 bits per heavy atom. The molecule has 1 aliphatic rings. The predicted molar refractivity (Wildman–Crippen MR) is 82.6 cm³/mol. The van der Waals surface area contributed by atoms with Crippen LogP contribution in [0.15, 0.2) is 17.5 Å². The number of aliphatic carboxylic acids is 1. The molecule has 1 saturated carbocycles. The maximum absolute atomic E-state index is 12.5. The Labute approximate surface area is 129 Å². The van der Waals surface area contributed by atoms with Crippen LogP contribution in [0.2, 0.25) is 0 Å². The van der Waals surface area contributed by atoms with E-state index in [1.54, 1.807) is 23.3 Å². The van der Waals surface area contributed by atoms with Gasteiger partial charge in [0.25, 0.3) is 0 Å². The molecule has 1 N–H and O–H groups in total. The van der Waals surface area contributed by atoms with Crippen LogP contribution in [0.3, 0.4) is 0 Å². The van der Waals surface area contributed by atoms with E-state index in [9.17, 15) is 9.59 Å². The molecule has 5 nitrogen and oxygen atoms in total. The van der Waals surface area contributed by atoms with Crippen molar-refractivity contribution in [2.24, 2.45) is 5.92 Å². The maximum Gasteiger partial charge on any atom is 0.323 e. The Bertz CT molecular complexity index is 485. The molecular weight excluding hydrogens is 288 g/mol. The number of carboxylic acid groups (broad SMARTS) is 1. The Morgan fingerprint density at radius 2 is 2.19 bits per heavy atom. The summed E-state index contributed by atoms with van der Waals surface area (Å²) in [6.45, 7) is 2.33. The SMILES string of the molecule is CC(Cc1cccs1)N(C)C(=O)N(CC(=O)O)CC1CC1. The third-order valence-electron chi connectivity index (χ3n) is 3.81. The van der Waals surface area contributed by atoms with Crippen LogP contribution < -0.4 is 0 Å². The largest absolute Gasteiger partial charge is 0.480 e. The molecule has 6 heteroatoms. The predicted octanol–water partition coefficient (Wildman–Crippen LogP) is 2.53. The Hall–Kier alpha value is -1.56. The third kappa shape index (κ3) is 4.74. The van der Waals surface area contributed by atoms with E-state index < -0.39 is 5.97 Å². The quantitative estimate of drug-likeness (QED) is 0.842. The minimum atomic E-state index is -0.955. The minimum absolute atomic E-state index is 0.0478. The standard InChI is InChI=1S/C15H22N2O3S/c1-11(8-13-4-3-7-21-13)16(2)15(20)17(10-14(18)19)9-12-5-6-12/h3-4,7,11-12H,5-6,8-10H2,1-2H3,(H,18,19). The van der Waals surface area contributed by atoms with Crippen molar-refractivity contribution in [2.75, 3.05) is 20.1 Å². The van der Waals surface area contributed by atoms with Crippen LogP contribution in [0.25, 0.3) is 0 Å². The molecule has 1 unspecified atom stereocenters. The van der Waals surface area contributed by atoms with Gasteiger partial charge in [0, 0.05) is 30.9 Å². The lowest BCUT2D eigenvalue weighted by Crippen LogP contribution is -2.48. The highest BCUT2D eigenvalue weighted by molar-refractivity contribution is 7.09. The number of carbonyl (C=O) groups is 2. The summed E-state index contributed by atoms with van der Waals surface area (Å²) in [4.78, 5) is 27.8. The van der Waals surface area contributed by atoms with Crippen LogP contribution in [0.4, 0.5) is 4.79 Å². The number of hydrogen-bond donors (Lipinski definition) is 1. The summed E-state index contributed by atoms with van der Waals surface area (Å²) in [5, 5.41) is 11.0. The number of nitrogens with zero attached hydrogens (tertiary/aromatic N) is 2. The zero-order valence-corrected chi connectivity index (χ0v) is 13.3. The fourth-order valence-corrected chi connectivity index (χ4v) is 3.08. The van der Waals surface area contributed by atoms with E-state index >= 15 is 0 Å². The van der Waals surface area contributed by atoms with Gasteiger partial charge in [0.15, 0.2) is 0 Å². The van der Waals surface area contributed by atoms with Gasteiger partial charge in [-0.25, -0.2) is 4.79 Å². The van der Waals surface area contributed by atoms with Crippen LogP contribution in [-0.4, -0.2) is 53.1 Å². The van der Waals surface area contributed by atoms with Crippen molar-refractivity contribution in [1.29, 1.82) is 0 Å². The number of carboxylic acids is 1. The lowest BCUT2D eigenvalue weighted by Gasteiger charge is -2.31. The number of urea groups is 1. The molecule has 2 rings (SSSR count). The highest BCUT2D eigenvalue weighted by Gasteiger charge is 2.30. The molecule has 1 aliphatic carbocycles. The normalized spacial score (nSPS) is 15.5. The second kappa shape index (κ2) is 6.93. The molecule has 1 heterocycles. The van der Waals surface area contributed by atoms with Gasteiger partial charge in [0.1, 0.15) is 6.54 Å². The molecule has 0 radical (unpaired) electrons. The summed E-state index contributed by atoms with van der Waals surface area (Å²) in [5.41, 5.74) is 0. The number of rotatable bonds is 7. The van der Waals surface area contributed by atoms with Crippen LogP contribution in [-0.2, 0) is 11.2 Å². The van der Waals surface area contributed by atoms with Crippen LogP contribution in [0.5, 0.6) is 0 Å². The van der Waals surface area contributed by atoms with Gasteiger partial charge < -0.3 is 14.9 Å². The molecule has 1 aromatic heterocycles. The fourth-order valence-electron chi connectivity index (χ4n) is 2.25. The molecule has 2 amide bonds. The number of carbonyl (C=O) groups excluding carboxylic acids is 1. The zero-order valence-electron chi connectivity index (χ0n) is 12.5. The summed E-state index contributed by atoms with van der Waals surface area (Å²) in [6.07, 6.45) is 2.99. The van der Waals surface area contributed by atoms with E-state index in [0.29, 0.717) is 12.5 Å². The first-order chi connectivity index (χ1) is 9.97. The lowest BCUT2D eigenvalue weighted by atomic mass is 10.2. The van der Waals surface area contributed by atoms with Crippen LogP contribution in [0.1, 0.15) is 24.6 Å². The second-order valence-electron chi connectivity index (χ2n) is 5.74. The van der Waals surface area contributed by atoms with E-state index in [1.165, 1.54) is 9.78 Å². The molecule has 0 aromatic carbocycles. The van der Waals surface area contributed by atoms with Gasteiger partial charge in [-0.3, -0.25) is 4.79 Å². The van der Waals surface area contributed by atoms with Crippen molar-refractivity contribution in [2.45, 2.75) is 32.2 Å². The molecule has 0 saturated heterocycles. The minimum Gasteiger partial charge on any atom is -0.480 e. The van der Waals surface area contributed by atoms with Gasteiger partial charge >= 0.3 is 12.0 Å². The summed E-state index contributed by atoms with van der Waals surface area (Å²) in [6, 6.07) is 3.91. The van der Waals surface area contributed by atoms with Gasteiger partial charge in [-0.1, -0.05) is 6.07 Å². The molecule has 21 heavy (non-hydrogen) atoms. The molecule has 0 spiro atoms. The fraction of sp³-hybridized carbons (Fsp3) is 0.600. The van der Waals surface area contributed by atoms with E-state index in [0.717, 1.165) is 19.3 Å². The summed E-state index contributed by atoms with van der Waals surface area (Å²) >= 11 is 1.67. The van der Waals surface area contributed by atoms with Crippen molar-refractivity contribution in [3.05, 3.63) is 22.4 Å². The Balaban J connectivity index is 1.94. The molecule has 0 bridgehead atoms. The van der Waals surface area contributed by atoms with Crippen molar-refractivity contribution in [1.82, 2.24) is 9.80 Å². The molecule has 1 atom stereocenters. The van der Waals surface area contributed by atoms with Gasteiger partial charge in [-0.2, -0.15) is 0 Å². The second-order valence-corrected chi connectivity index (χ2v) is 6.78. The van der Waals surface area contributed by atoms with Gasteiger partial charge in [0.05, 0.1) is 0 Å². The smallest absolute Gasteiger partial charge is 0.323 e. The van der Waals surface area contributed by atoms with E-state index in [1.807, 2.05) is 18.4 Å². The monoisotopic (exact) mass is 310 g/mol. The summed E-state index contributed by atoms with van der Waals surface area (Å²) < 4.78 is 0. The van der Waals surface area contributed by atoms with E-state index in [4.69, 9.17) is 5.11 Å². The van der Waals surface area contributed by atoms with Gasteiger partial charge in [0.2, 0.25) is 0 Å². The summed E-state index contributed by atoms with van der Waals surface area (Å²) in [5.74, 6) is -0.474. The number of thiophene rings is 1. The van der Waals surface area contributed by atoms with Crippen molar-refractivity contribution in [3.63, 3.8) is 0 Å². The lowest BCUT2D eigenvalue weighted by molar-refractivity contribution is -0.137. The third-order valence-corrected chi connectivity index (χ3v) is 4.71.